The first-order valence-corrected chi connectivity index (χ1v) is 8.12. The van der Waals surface area contributed by atoms with Crippen molar-refractivity contribution in [2.75, 3.05) is 44.7 Å². The molecule has 3 rings (SSSR count). The maximum Gasteiger partial charge on any atom is 0.237 e. The summed E-state index contributed by atoms with van der Waals surface area (Å²) >= 11 is 0. The topological polar surface area (TPSA) is 60.5 Å². The van der Waals surface area contributed by atoms with Crippen molar-refractivity contribution in [3.63, 3.8) is 0 Å². The fourth-order valence-corrected chi connectivity index (χ4v) is 2.96. The second-order valence-corrected chi connectivity index (χ2v) is 6.18. The van der Waals surface area contributed by atoms with Gasteiger partial charge in [0.2, 0.25) is 5.91 Å². The molecule has 2 fully saturated rings. The normalized spacial score (nSPS) is 22.8. The Labute approximate surface area is 131 Å². The highest BCUT2D eigenvalue weighted by molar-refractivity contribution is 5.81. The number of amides is 1. The van der Waals surface area contributed by atoms with Gasteiger partial charge >= 0.3 is 0 Å². The highest BCUT2D eigenvalue weighted by Crippen LogP contribution is 2.13. The number of rotatable bonds is 4. The SMILES string of the molecule is CN1CCN(c2ccc(CNC(=O)[C@@H]3CCCN3)cn2)CC1. The summed E-state index contributed by atoms with van der Waals surface area (Å²) in [5.74, 6) is 1.13. The van der Waals surface area contributed by atoms with Crippen LogP contribution in [0.2, 0.25) is 0 Å². The summed E-state index contributed by atoms with van der Waals surface area (Å²) in [6.45, 7) is 5.69. The van der Waals surface area contributed by atoms with E-state index in [0.717, 1.165) is 56.9 Å². The largest absolute Gasteiger partial charge is 0.354 e. The summed E-state index contributed by atoms with van der Waals surface area (Å²) in [6.07, 6.45) is 3.89. The van der Waals surface area contributed by atoms with Crippen molar-refractivity contribution in [2.24, 2.45) is 0 Å². The lowest BCUT2D eigenvalue weighted by molar-refractivity contribution is -0.122. The maximum atomic E-state index is 12.0. The Bertz CT molecular complexity index is 490. The zero-order valence-electron chi connectivity index (χ0n) is 13.2. The number of nitrogens with one attached hydrogen (secondary N) is 2. The molecule has 120 valence electrons. The van der Waals surface area contributed by atoms with Gasteiger partial charge in [-0.25, -0.2) is 4.98 Å². The lowest BCUT2D eigenvalue weighted by Gasteiger charge is -2.33. The third kappa shape index (κ3) is 3.75. The van der Waals surface area contributed by atoms with E-state index in [4.69, 9.17) is 0 Å². The number of piperazine rings is 1. The van der Waals surface area contributed by atoms with E-state index in [1.54, 1.807) is 0 Å². The second-order valence-electron chi connectivity index (χ2n) is 6.18. The van der Waals surface area contributed by atoms with Crippen molar-refractivity contribution in [1.82, 2.24) is 20.5 Å². The number of carbonyl (C=O) groups is 1. The summed E-state index contributed by atoms with van der Waals surface area (Å²) in [7, 11) is 2.15. The third-order valence-corrected chi connectivity index (χ3v) is 4.48. The lowest BCUT2D eigenvalue weighted by atomic mass is 10.2. The number of aromatic nitrogens is 1. The van der Waals surface area contributed by atoms with Crippen molar-refractivity contribution >= 4 is 11.7 Å². The molecule has 1 aromatic heterocycles. The molecule has 3 heterocycles. The van der Waals surface area contributed by atoms with E-state index >= 15 is 0 Å². The average Bonchev–Trinajstić information content (AvgIpc) is 3.08. The Hall–Kier alpha value is -1.66. The molecule has 0 saturated carbocycles. The van der Waals surface area contributed by atoms with Crippen LogP contribution < -0.4 is 15.5 Å². The summed E-state index contributed by atoms with van der Waals surface area (Å²) in [6, 6.07) is 4.10. The standard InChI is InChI=1S/C16H25N5O/c1-20-7-9-21(10-8-20)15-5-4-13(11-18-15)12-19-16(22)14-3-2-6-17-14/h4-5,11,14,17H,2-3,6-10,12H2,1H3,(H,19,22)/t14-/m0/s1. The summed E-state index contributed by atoms with van der Waals surface area (Å²) < 4.78 is 0. The molecule has 2 aliphatic rings. The van der Waals surface area contributed by atoms with Gasteiger partial charge in [0.05, 0.1) is 6.04 Å². The first-order chi connectivity index (χ1) is 10.7. The first-order valence-electron chi connectivity index (χ1n) is 8.12. The van der Waals surface area contributed by atoms with Crippen LogP contribution >= 0.6 is 0 Å². The highest BCUT2D eigenvalue weighted by atomic mass is 16.2. The van der Waals surface area contributed by atoms with Gasteiger partial charge in [-0.1, -0.05) is 6.07 Å². The Morgan fingerprint density at radius 2 is 2.18 bits per heavy atom. The number of hydrogen-bond acceptors (Lipinski definition) is 5. The zero-order valence-corrected chi connectivity index (χ0v) is 13.2. The van der Waals surface area contributed by atoms with Gasteiger partial charge < -0.3 is 20.4 Å². The first kappa shape index (κ1) is 15.2. The molecule has 0 bridgehead atoms. The number of hydrogen-bond donors (Lipinski definition) is 2. The van der Waals surface area contributed by atoms with Gasteiger partial charge in [-0.3, -0.25) is 4.79 Å². The molecular formula is C16H25N5O. The molecule has 1 amide bonds. The van der Waals surface area contributed by atoms with Crippen molar-refractivity contribution in [1.29, 1.82) is 0 Å². The predicted molar refractivity (Wildman–Crippen MR) is 86.8 cm³/mol. The van der Waals surface area contributed by atoms with Crippen molar-refractivity contribution in [3.8, 4) is 0 Å². The van der Waals surface area contributed by atoms with E-state index < -0.39 is 0 Å². The Balaban J connectivity index is 1.50. The van der Waals surface area contributed by atoms with Crippen LogP contribution in [0.5, 0.6) is 0 Å². The minimum atomic E-state index is -0.0161. The van der Waals surface area contributed by atoms with Gasteiger partial charge in [-0.15, -0.1) is 0 Å². The quantitative estimate of drug-likeness (QED) is 0.832. The predicted octanol–water partition coefficient (Wildman–Crippen LogP) is 0.202. The van der Waals surface area contributed by atoms with E-state index in [1.165, 1.54) is 0 Å². The molecule has 6 heteroatoms. The number of nitrogens with zero attached hydrogens (tertiary/aromatic N) is 3. The molecule has 0 aliphatic carbocycles. The molecule has 0 radical (unpaired) electrons. The van der Waals surface area contributed by atoms with Gasteiger partial charge in [-0.2, -0.15) is 0 Å². The monoisotopic (exact) mass is 303 g/mol. The van der Waals surface area contributed by atoms with Crippen LogP contribution in [0, 0.1) is 0 Å². The van der Waals surface area contributed by atoms with Gasteiger partial charge in [0.25, 0.3) is 0 Å². The minimum absolute atomic E-state index is 0.0161. The van der Waals surface area contributed by atoms with Crippen molar-refractivity contribution < 1.29 is 4.79 Å². The molecule has 0 unspecified atom stereocenters. The van der Waals surface area contributed by atoms with Gasteiger partial charge in [0, 0.05) is 38.9 Å². The smallest absolute Gasteiger partial charge is 0.237 e. The summed E-state index contributed by atoms with van der Waals surface area (Å²) in [5.41, 5.74) is 1.05. The summed E-state index contributed by atoms with van der Waals surface area (Å²) in [5, 5.41) is 6.19. The Morgan fingerprint density at radius 3 is 2.82 bits per heavy atom. The van der Waals surface area contributed by atoms with Crippen molar-refractivity contribution in [3.05, 3.63) is 23.9 Å². The molecular weight excluding hydrogens is 278 g/mol. The molecule has 2 aliphatic heterocycles. The number of pyridine rings is 1. The van der Waals surface area contributed by atoms with Crippen LogP contribution in [0.25, 0.3) is 0 Å². The van der Waals surface area contributed by atoms with E-state index in [2.05, 4.69) is 44.6 Å². The van der Waals surface area contributed by atoms with E-state index in [9.17, 15) is 4.79 Å². The molecule has 0 aromatic carbocycles. The molecule has 2 saturated heterocycles. The Kier molecular flexibility index (Phi) is 4.90. The van der Waals surface area contributed by atoms with Crippen LogP contribution in [-0.4, -0.2) is 61.6 Å². The fourth-order valence-electron chi connectivity index (χ4n) is 2.96. The summed E-state index contributed by atoms with van der Waals surface area (Å²) in [4.78, 5) is 21.1. The fraction of sp³-hybridized carbons (Fsp3) is 0.625. The van der Waals surface area contributed by atoms with Gasteiger partial charge in [0.1, 0.15) is 5.82 Å². The average molecular weight is 303 g/mol. The number of carbonyl (C=O) groups excluding carboxylic acids is 1. The Morgan fingerprint density at radius 1 is 1.36 bits per heavy atom. The third-order valence-electron chi connectivity index (χ3n) is 4.48. The van der Waals surface area contributed by atoms with Crippen LogP contribution in [0.4, 0.5) is 5.82 Å². The molecule has 6 nitrogen and oxygen atoms in total. The van der Waals surface area contributed by atoms with Crippen LogP contribution in [0.3, 0.4) is 0 Å². The van der Waals surface area contributed by atoms with Crippen LogP contribution in [0.15, 0.2) is 18.3 Å². The number of anilines is 1. The molecule has 1 atom stereocenters. The van der Waals surface area contributed by atoms with Gasteiger partial charge in [0.15, 0.2) is 0 Å². The minimum Gasteiger partial charge on any atom is -0.354 e. The molecule has 22 heavy (non-hydrogen) atoms. The van der Waals surface area contributed by atoms with Crippen LogP contribution in [-0.2, 0) is 11.3 Å². The molecule has 1 aromatic rings. The maximum absolute atomic E-state index is 12.0. The highest BCUT2D eigenvalue weighted by Gasteiger charge is 2.21. The van der Waals surface area contributed by atoms with E-state index in [0.29, 0.717) is 6.54 Å². The van der Waals surface area contributed by atoms with Crippen LogP contribution in [0.1, 0.15) is 18.4 Å². The second kappa shape index (κ2) is 7.07. The number of likely N-dealkylation sites (N-methyl/N-ethyl adjacent to an activating group) is 1. The lowest BCUT2D eigenvalue weighted by Crippen LogP contribution is -2.44. The van der Waals surface area contributed by atoms with E-state index in [-0.39, 0.29) is 11.9 Å². The van der Waals surface area contributed by atoms with Crippen molar-refractivity contribution in [2.45, 2.75) is 25.4 Å². The molecule has 0 spiro atoms. The van der Waals surface area contributed by atoms with E-state index in [1.807, 2.05) is 6.20 Å². The van der Waals surface area contributed by atoms with Gasteiger partial charge in [-0.05, 0) is 38.1 Å². The molecule has 2 N–H and O–H groups in total. The zero-order chi connectivity index (χ0) is 15.4.